The Morgan fingerprint density at radius 3 is 2.32 bits per heavy atom. The molecule has 0 atom stereocenters. The molecular weight excluding hydrogens is 281 g/mol. The lowest BCUT2D eigenvalue weighted by atomic mass is 10.1. The van der Waals surface area contributed by atoms with Gasteiger partial charge in [0.15, 0.2) is 11.6 Å². The minimum absolute atomic E-state index is 0.242. The molecule has 1 aromatic heterocycles. The summed E-state index contributed by atoms with van der Waals surface area (Å²) >= 11 is 0. The quantitative estimate of drug-likeness (QED) is 0.716. The van der Waals surface area contributed by atoms with E-state index in [4.69, 9.17) is 9.47 Å². The van der Waals surface area contributed by atoms with E-state index in [2.05, 4.69) is 0 Å². The molecule has 3 nitrogen and oxygen atoms in total. The van der Waals surface area contributed by atoms with Crippen molar-refractivity contribution in [2.75, 3.05) is 14.2 Å². The van der Waals surface area contributed by atoms with Gasteiger partial charge in [-0.05, 0) is 54.6 Å². The summed E-state index contributed by atoms with van der Waals surface area (Å²) in [6, 6.07) is 16.6. The van der Waals surface area contributed by atoms with Gasteiger partial charge in [-0.3, -0.25) is 0 Å². The van der Waals surface area contributed by atoms with Crippen molar-refractivity contribution in [3.63, 3.8) is 0 Å². The average molecular weight is 297 g/mol. The largest absolute Gasteiger partial charge is 0.497 e. The summed E-state index contributed by atoms with van der Waals surface area (Å²) in [5, 5.41) is 0. The van der Waals surface area contributed by atoms with Gasteiger partial charge in [0.25, 0.3) is 0 Å². The van der Waals surface area contributed by atoms with Crippen LogP contribution in [0, 0.1) is 5.82 Å². The maximum absolute atomic E-state index is 13.9. The van der Waals surface area contributed by atoms with Gasteiger partial charge < -0.3 is 14.0 Å². The minimum Gasteiger partial charge on any atom is -0.497 e. The molecule has 4 heteroatoms. The van der Waals surface area contributed by atoms with E-state index in [0.717, 1.165) is 22.7 Å². The highest BCUT2D eigenvalue weighted by Crippen LogP contribution is 2.28. The van der Waals surface area contributed by atoms with Gasteiger partial charge in [-0.15, -0.1) is 0 Å². The number of nitrogens with zero attached hydrogens (tertiary/aromatic N) is 1. The molecule has 0 saturated heterocycles. The molecule has 3 rings (SSSR count). The number of ether oxygens (including phenoxy) is 2. The van der Waals surface area contributed by atoms with Gasteiger partial charge in [0, 0.05) is 17.4 Å². The highest BCUT2D eigenvalue weighted by atomic mass is 19.1. The van der Waals surface area contributed by atoms with Gasteiger partial charge in [-0.2, -0.15) is 0 Å². The van der Waals surface area contributed by atoms with Crippen molar-refractivity contribution in [1.82, 2.24) is 4.57 Å². The van der Waals surface area contributed by atoms with Crippen molar-refractivity contribution in [2.24, 2.45) is 0 Å². The van der Waals surface area contributed by atoms with E-state index < -0.39 is 0 Å². The van der Waals surface area contributed by atoms with Crippen LogP contribution in [0.25, 0.3) is 16.9 Å². The molecule has 1 heterocycles. The first kappa shape index (κ1) is 14.2. The number of benzene rings is 2. The summed E-state index contributed by atoms with van der Waals surface area (Å²) in [5.41, 5.74) is 2.68. The van der Waals surface area contributed by atoms with Crippen molar-refractivity contribution in [2.45, 2.75) is 0 Å². The molecule has 3 aromatic rings. The first-order valence-corrected chi connectivity index (χ1v) is 6.88. The second-order valence-corrected chi connectivity index (χ2v) is 4.81. The van der Waals surface area contributed by atoms with Crippen LogP contribution in [0.1, 0.15) is 0 Å². The molecule has 0 N–H and O–H groups in total. The third-order valence-corrected chi connectivity index (χ3v) is 3.55. The van der Waals surface area contributed by atoms with Crippen LogP contribution in [0.3, 0.4) is 0 Å². The van der Waals surface area contributed by atoms with Crippen LogP contribution in [0.2, 0.25) is 0 Å². The Morgan fingerprint density at radius 1 is 0.909 bits per heavy atom. The van der Waals surface area contributed by atoms with E-state index >= 15 is 0 Å². The first-order valence-electron chi connectivity index (χ1n) is 6.88. The Hall–Kier alpha value is -2.75. The molecule has 0 unspecified atom stereocenters. The number of methoxy groups -OCH3 is 2. The number of hydrogen-bond donors (Lipinski definition) is 0. The van der Waals surface area contributed by atoms with Gasteiger partial charge in [-0.1, -0.05) is 0 Å². The molecule has 0 bridgehead atoms. The number of hydrogen-bond acceptors (Lipinski definition) is 2. The van der Waals surface area contributed by atoms with Crippen molar-refractivity contribution >= 4 is 0 Å². The molecule has 0 fully saturated rings. The van der Waals surface area contributed by atoms with Crippen LogP contribution in [-0.2, 0) is 0 Å². The fourth-order valence-corrected chi connectivity index (χ4v) is 2.41. The summed E-state index contributed by atoms with van der Waals surface area (Å²) in [4.78, 5) is 0. The molecule has 2 aromatic carbocycles. The minimum atomic E-state index is -0.373. The van der Waals surface area contributed by atoms with Crippen molar-refractivity contribution in [1.29, 1.82) is 0 Å². The van der Waals surface area contributed by atoms with Crippen LogP contribution >= 0.6 is 0 Å². The van der Waals surface area contributed by atoms with Crippen molar-refractivity contribution < 1.29 is 13.9 Å². The lowest BCUT2D eigenvalue weighted by molar-refractivity contribution is 0.386. The smallest absolute Gasteiger partial charge is 0.165 e. The SMILES string of the molecule is COc1ccc(-n2cccc2-c2ccc(OC)c(F)c2)cc1. The topological polar surface area (TPSA) is 23.4 Å². The highest BCUT2D eigenvalue weighted by Gasteiger charge is 2.09. The van der Waals surface area contributed by atoms with Crippen LogP contribution in [0.15, 0.2) is 60.8 Å². The van der Waals surface area contributed by atoms with Crippen LogP contribution in [0.4, 0.5) is 4.39 Å². The molecule has 0 aliphatic rings. The molecule has 112 valence electrons. The Kier molecular flexibility index (Phi) is 3.83. The summed E-state index contributed by atoms with van der Waals surface area (Å²) in [7, 11) is 3.09. The normalized spacial score (nSPS) is 10.5. The van der Waals surface area contributed by atoms with Crippen LogP contribution in [-0.4, -0.2) is 18.8 Å². The molecular formula is C18H16FNO2. The molecule has 0 amide bonds. The summed E-state index contributed by atoms with van der Waals surface area (Å²) in [6.45, 7) is 0. The van der Waals surface area contributed by atoms with E-state index in [0.29, 0.717) is 0 Å². The number of aromatic nitrogens is 1. The molecule has 0 aliphatic heterocycles. The Morgan fingerprint density at radius 2 is 1.68 bits per heavy atom. The predicted molar refractivity (Wildman–Crippen MR) is 84.3 cm³/mol. The summed E-state index contributed by atoms with van der Waals surface area (Å²) in [5.74, 6) is 0.668. The van der Waals surface area contributed by atoms with Gasteiger partial charge in [0.05, 0.1) is 19.9 Å². The average Bonchev–Trinajstić information content (AvgIpc) is 3.04. The maximum atomic E-state index is 13.9. The Bertz CT molecular complexity index is 778. The second kappa shape index (κ2) is 5.93. The van der Waals surface area contributed by atoms with Crippen molar-refractivity contribution in [3.8, 4) is 28.4 Å². The van der Waals surface area contributed by atoms with Crippen LogP contribution in [0.5, 0.6) is 11.5 Å². The Balaban J connectivity index is 2.02. The molecule has 0 radical (unpaired) electrons. The van der Waals surface area contributed by atoms with E-state index in [9.17, 15) is 4.39 Å². The first-order chi connectivity index (χ1) is 10.7. The molecule has 0 aliphatic carbocycles. The highest BCUT2D eigenvalue weighted by molar-refractivity contribution is 5.64. The lowest BCUT2D eigenvalue weighted by Gasteiger charge is -2.11. The monoisotopic (exact) mass is 297 g/mol. The zero-order valence-corrected chi connectivity index (χ0v) is 12.4. The lowest BCUT2D eigenvalue weighted by Crippen LogP contribution is -1.96. The van der Waals surface area contributed by atoms with E-state index in [1.54, 1.807) is 13.2 Å². The zero-order valence-electron chi connectivity index (χ0n) is 12.4. The Labute approximate surface area is 128 Å². The zero-order chi connectivity index (χ0) is 15.5. The summed E-state index contributed by atoms with van der Waals surface area (Å²) in [6.07, 6.45) is 1.94. The van der Waals surface area contributed by atoms with E-state index in [1.165, 1.54) is 13.2 Å². The summed E-state index contributed by atoms with van der Waals surface area (Å²) < 4.78 is 26.1. The van der Waals surface area contributed by atoms with Crippen molar-refractivity contribution in [3.05, 3.63) is 66.6 Å². The fourth-order valence-electron chi connectivity index (χ4n) is 2.41. The number of halogens is 1. The van der Waals surface area contributed by atoms with E-state index in [1.807, 2.05) is 53.2 Å². The fraction of sp³-hybridized carbons (Fsp3) is 0.111. The third kappa shape index (κ3) is 2.55. The van der Waals surface area contributed by atoms with Crippen LogP contribution < -0.4 is 9.47 Å². The standard InChI is InChI=1S/C18H16FNO2/c1-21-15-8-6-14(7-9-15)20-11-3-4-17(20)13-5-10-18(22-2)16(19)12-13/h3-12H,1-2H3. The predicted octanol–water partition coefficient (Wildman–Crippen LogP) is 4.30. The molecule has 0 spiro atoms. The third-order valence-electron chi connectivity index (χ3n) is 3.55. The number of rotatable bonds is 4. The maximum Gasteiger partial charge on any atom is 0.165 e. The van der Waals surface area contributed by atoms with Gasteiger partial charge in [0.2, 0.25) is 0 Å². The molecule has 22 heavy (non-hydrogen) atoms. The van der Waals surface area contributed by atoms with Gasteiger partial charge >= 0.3 is 0 Å². The second-order valence-electron chi connectivity index (χ2n) is 4.81. The molecule has 0 saturated carbocycles. The van der Waals surface area contributed by atoms with Gasteiger partial charge in [-0.25, -0.2) is 4.39 Å². The van der Waals surface area contributed by atoms with E-state index in [-0.39, 0.29) is 11.6 Å². The van der Waals surface area contributed by atoms with Gasteiger partial charge in [0.1, 0.15) is 5.75 Å².